The van der Waals surface area contributed by atoms with Crippen molar-refractivity contribution in [3.05, 3.63) is 39.6 Å². The molecule has 0 bridgehead atoms. The lowest BCUT2D eigenvalue weighted by atomic mass is 10.2. The summed E-state index contributed by atoms with van der Waals surface area (Å²) in [6.07, 6.45) is 0.863. The molecule has 96 valence electrons. The molecule has 2 N–H and O–H groups in total. The second kappa shape index (κ2) is 5.93. The Bertz CT molecular complexity index is 525. The Kier molecular flexibility index (Phi) is 4.28. The van der Waals surface area contributed by atoms with E-state index in [0.717, 1.165) is 34.3 Å². The van der Waals surface area contributed by atoms with Crippen molar-refractivity contribution in [2.45, 2.75) is 33.4 Å². The molecule has 4 nitrogen and oxygen atoms in total. The monoisotopic (exact) mass is 263 g/mol. The van der Waals surface area contributed by atoms with Crippen LogP contribution in [0.25, 0.3) is 0 Å². The fourth-order valence-corrected chi connectivity index (χ4v) is 2.30. The average Bonchev–Trinajstić information content (AvgIpc) is 2.85. The molecular weight excluding hydrogens is 246 g/mol. The molecule has 0 aliphatic heterocycles. The van der Waals surface area contributed by atoms with E-state index in [2.05, 4.69) is 16.9 Å². The summed E-state index contributed by atoms with van der Waals surface area (Å²) in [5.74, 6) is 0.838. The second-order valence-electron chi connectivity index (χ2n) is 3.98. The van der Waals surface area contributed by atoms with Crippen LogP contribution in [-0.4, -0.2) is 9.97 Å². The van der Waals surface area contributed by atoms with Gasteiger partial charge in [0.15, 0.2) is 0 Å². The molecule has 18 heavy (non-hydrogen) atoms. The fraction of sp³-hybridized carbons (Fsp3) is 0.385. The van der Waals surface area contributed by atoms with E-state index < -0.39 is 0 Å². The van der Waals surface area contributed by atoms with Crippen LogP contribution < -0.4 is 10.5 Å². The lowest BCUT2D eigenvalue weighted by Gasteiger charge is -2.09. The van der Waals surface area contributed by atoms with Gasteiger partial charge in [0.1, 0.15) is 17.4 Å². The van der Waals surface area contributed by atoms with Crippen molar-refractivity contribution in [1.29, 1.82) is 0 Å². The number of thiazole rings is 1. The molecule has 0 amide bonds. The van der Waals surface area contributed by atoms with Crippen LogP contribution in [0.4, 0.5) is 0 Å². The third-order valence-corrected chi connectivity index (χ3v) is 3.48. The van der Waals surface area contributed by atoms with Crippen molar-refractivity contribution < 1.29 is 4.74 Å². The molecule has 2 heterocycles. The molecule has 0 saturated heterocycles. The summed E-state index contributed by atoms with van der Waals surface area (Å²) in [4.78, 5) is 8.83. The zero-order chi connectivity index (χ0) is 13.0. The standard InChI is InChI=1S/C13H17N3OS/c1-3-11-12(5-4-9(2)15-11)17-7-10-8-18-13(6-14)16-10/h4-5,8H,3,6-7,14H2,1-2H3. The lowest BCUT2D eigenvalue weighted by Crippen LogP contribution is -2.02. The molecule has 0 aliphatic carbocycles. The molecule has 0 unspecified atom stereocenters. The van der Waals surface area contributed by atoms with Gasteiger partial charge in [0.05, 0.1) is 11.4 Å². The summed E-state index contributed by atoms with van der Waals surface area (Å²) in [5.41, 5.74) is 8.45. The van der Waals surface area contributed by atoms with Gasteiger partial charge in [-0.1, -0.05) is 6.92 Å². The summed E-state index contributed by atoms with van der Waals surface area (Å²) >= 11 is 1.57. The summed E-state index contributed by atoms with van der Waals surface area (Å²) in [5, 5.41) is 2.92. The van der Waals surface area contributed by atoms with Gasteiger partial charge in [0.25, 0.3) is 0 Å². The summed E-state index contributed by atoms with van der Waals surface area (Å²) in [6.45, 7) is 5.01. The van der Waals surface area contributed by atoms with E-state index in [1.54, 1.807) is 11.3 Å². The van der Waals surface area contributed by atoms with Gasteiger partial charge in [-0.25, -0.2) is 4.98 Å². The van der Waals surface area contributed by atoms with E-state index in [1.807, 2.05) is 24.4 Å². The average molecular weight is 263 g/mol. The first-order valence-electron chi connectivity index (χ1n) is 5.95. The fourth-order valence-electron chi connectivity index (χ4n) is 1.64. The van der Waals surface area contributed by atoms with Crippen LogP contribution in [0.3, 0.4) is 0 Å². The van der Waals surface area contributed by atoms with Gasteiger partial charge in [-0.3, -0.25) is 4.98 Å². The molecular formula is C13H17N3OS. The van der Waals surface area contributed by atoms with Gasteiger partial charge in [-0.2, -0.15) is 0 Å². The van der Waals surface area contributed by atoms with Crippen molar-refractivity contribution >= 4 is 11.3 Å². The van der Waals surface area contributed by atoms with Crippen molar-refractivity contribution in [3.63, 3.8) is 0 Å². The Balaban J connectivity index is 2.05. The molecule has 2 rings (SSSR count). The number of hydrogen-bond donors (Lipinski definition) is 1. The van der Waals surface area contributed by atoms with Crippen molar-refractivity contribution in [2.24, 2.45) is 5.73 Å². The minimum absolute atomic E-state index is 0.467. The Labute approximate surface area is 111 Å². The first-order valence-corrected chi connectivity index (χ1v) is 6.83. The third kappa shape index (κ3) is 3.05. The van der Waals surface area contributed by atoms with Crippen LogP contribution >= 0.6 is 11.3 Å². The summed E-state index contributed by atoms with van der Waals surface area (Å²) < 4.78 is 5.77. The van der Waals surface area contributed by atoms with E-state index in [-0.39, 0.29) is 0 Å². The van der Waals surface area contributed by atoms with E-state index in [1.165, 1.54) is 0 Å². The molecule has 0 aromatic carbocycles. The number of ether oxygens (including phenoxy) is 1. The maximum Gasteiger partial charge on any atom is 0.141 e. The van der Waals surface area contributed by atoms with Crippen LogP contribution in [-0.2, 0) is 19.6 Å². The predicted molar refractivity (Wildman–Crippen MR) is 72.7 cm³/mol. The maximum atomic E-state index is 5.77. The first kappa shape index (κ1) is 13.0. The van der Waals surface area contributed by atoms with Crippen molar-refractivity contribution in [2.75, 3.05) is 0 Å². The first-order chi connectivity index (χ1) is 8.72. The van der Waals surface area contributed by atoms with Crippen LogP contribution in [0.2, 0.25) is 0 Å². The highest BCUT2D eigenvalue weighted by Crippen LogP contribution is 2.19. The molecule has 0 aliphatic rings. The normalized spacial score (nSPS) is 10.6. The number of rotatable bonds is 5. The number of nitrogens with two attached hydrogens (primary N) is 1. The summed E-state index contributed by atoms with van der Waals surface area (Å²) in [6, 6.07) is 3.93. The minimum Gasteiger partial charge on any atom is -0.485 e. The lowest BCUT2D eigenvalue weighted by molar-refractivity contribution is 0.297. The molecule has 0 atom stereocenters. The van der Waals surface area contributed by atoms with Crippen molar-refractivity contribution in [3.8, 4) is 5.75 Å². The Morgan fingerprint density at radius 3 is 2.83 bits per heavy atom. The molecule has 0 fully saturated rings. The Hall–Kier alpha value is -1.46. The van der Waals surface area contributed by atoms with Crippen molar-refractivity contribution in [1.82, 2.24) is 9.97 Å². The highest BCUT2D eigenvalue weighted by atomic mass is 32.1. The zero-order valence-electron chi connectivity index (χ0n) is 10.6. The number of pyridine rings is 1. The Morgan fingerprint density at radius 1 is 1.33 bits per heavy atom. The van der Waals surface area contributed by atoms with Crippen LogP contribution in [0.5, 0.6) is 5.75 Å². The van der Waals surface area contributed by atoms with Gasteiger partial charge in [0.2, 0.25) is 0 Å². The molecule has 0 spiro atoms. The largest absolute Gasteiger partial charge is 0.485 e. The highest BCUT2D eigenvalue weighted by Gasteiger charge is 2.06. The van der Waals surface area contributed by atoms with E-state index in [9.17, 15) is 0 Å². The number of hydrogen-bond acceptors (Lipinski definition) is 5. The molecule has 0 radical (unpaired) electrons. The second-order valence-corrected chi connectivity index (χ2v) is 4.92. The molecule has 2 aromatic heterocycles. The van der Waals surface area contributed by atoms with E-state index in [0.29, 0.717) is 13.2 Å². The number of nitrogens with zero attached hydrogens (tertiary/aromatic N) is 2. The highest BCUT2D eigenvalue weighted by molar-refractivity contribution is 7.09. The van der Waals surface area contributed by atoms with Gasteiger partial charge in [-0.05, 0) is 25.5 Å². The topological polar surface area (TPSA) is 61.0 Å². The van der Waals surface area contributed by atoms with Crippen LogP contribution in [0.15, 0.2) is 17.5 Å². The predicted octanol–water partition coefficient (Wildman–Crippen LogP) is 2.45. The molecule has 0 saturated carbocycles. The Morgan fingerprint density at radius 2 is 2.17 bits per heavy atom. The number of aromatic nitrogens is 2. The number of aryl methyl sites for hydroxylation is 2. The van der Waals surface area contributed by atoms with Crippen LogP contribution in [0, 0.1) is 6.92 Å². The maximum absolute atomic E-state index is 5.77. The third-order valence-electron chi connectivity index (χ3n) is 2.56. The summed E-state index contributed by atoms with van der Waals surface area (Å²) in [7, 11) is 0. The van der Waals surface area contributed by atoms with Gasteiger partial charge < -0.3 is 10.5 Å². The van der Waals surface area contributed by atoms with Gasteiger partial charge in [0, 0.05) is 17.6 Å². The van der Waals surface area contributed by atoms with E-state index >= 15 is 0 Å². The molecule has 2 aromatic rings. The SMILES string of the molecule is CCc1nc(C)ccc1OCc1csc(CN)n1. The van der Waals surface area contributed by atoms with Gasteiger partial charge in [-0.15, -0.1) is 11.3 Å². The smallest absolute Gasteiger partial charge is 0.141 e. The van der Waals surface area contributed by atoms with Gasteiger partial charge >= 0.3 is 0 Å². The van der Waals surface area contributed by atoms with E-state index in [4.69, 9.17) is 10.5 Å². The zero-order valence-corrected chi connectivity index (χ0v) is 11.5. The minimum atomic E-state index is 0.467. The quantitative estimate of drug-likeness (QED) is 0.900. The molecule has 5 heteroatoms. The van der Waals surface area contributed by atoms with Crippen LogP contribution in [0.1, 0.15) is 29.0 Å².